The first kappa shape index (κ1) is 15.9. The van der Waals surface area contributed by atoms with E-state index >= 15 is 0 Å². The van der Waals surface area contributed by atoms with Gasteiger partial charge in [0.25, 0.3) is 0 Å². The van der Waals surface area contributed by atoms with Gasteiger partial charge in [-0.15, -0.1) is 0 Å². The van der Waals surface area contributed by atoms with E-state index in [1.165, 1.54) is 0 Å². The molecule has 1 aromatic heterocycles. The number of benzene rings is 1. The van der Waals surface area contributed by atoms with Crippen LogP contribution in [0, 0.1) is 12.8 Å². The lowest BCUT2D eigenvalue weighted by Gasteiger charge is -2.11. The molecule has 21 heavy (non-hydrogen) atoms. The third kappa shape index (κ3) is 4.22. The van der Waals surface area contributed by atoms with Crippen molar-refractivity contribution in [1.82, 2.24) is 15.1 Å². The fourth-order valence-corrected chi connectivity index (χ4v) is 2.24. The van der Waals surface area contributed by atoms with E-state index in [0.29, 0.717) is 10.9 Å². The van der Waals surface area contributed by atoms with Crippen LogP contribution in [0.15, 0.2) is 24.3 Å². The van der Waals surface area contributed by atoms with Gasteiger partial charge in [-0.3, -0.25) is 0 Å². The van der Waals surface area contributed by atoms with Crippen LogP contribution in [0.5, 0.6) is 11.6 Å². The van der Waals surface area contributed by atoms with Crippen LogP contribution in [-0.2, 0) is 13.6 Å². The number of hydrogen-bond donors (Lipinski definition) is 1. The smallest absolute Gasteiger partial charge is 0.222 e. The normalized spacial score (nSPS) is 11.1. The zero-order valence-corrected chi connectivity index (χ0v) is 13.7. The summed E-state index contributed by atoms with van der Waals surface area (Å²) in [5.41, 5.74) is 2.07. The Morgan fingerprint density at radius 2 is 1.95 bits per heavy atom. The summed E-state index contributed by atoms with van der Waals surface area (Å²) >= 11 is 5.90. The fraction of sp³-hybridized carbons (Fsp3) is 0.438. The molecular weight excluding hydrogens is 286 g/mol. The van der Waals surface area contributed by atoms with Crippen molar-refractivity contribution in [3.05, 3.63) is 40.5 Å². The highest BCUT2D eigenvalue weighted by Gasteiger charge is 2.15. The van der Waals surface area contributed by atoms with Crippen LogP contribution in [0.25, 0.3) is 0 Å². The van der Waals surface area contributed by atoms with Gasteiger partial charge < -0.3 is 10.1 Å². The monoisotopic (exact) mass is 307 g/mol. The number of aryl methyl sites for hydroxylation is 2. The molecular formula is C16H22ClN3O. The van der Waals surface area contributed by atoms with E-state index in [-0.39, 0.29) is 0 Å². The van der Waals surface area contributed by atoms with Crippen LogP contribution >= 0.6 is 11.6 Å². The first-order valence-electron chi connectivity index (χ1n) is 7.14. The first-order chi connectivity index (χ1) is 9.97. The van der Waals surface area contributed by atoms with Gasteiger partial charge in [-0.05, 0) is 43.7 Å². The molecule has 4 nitrogen and oxygen atoms in total. The number of rotatable bonds is 6. The van der Waals surface area contributed by atoms with Crippen molar-refractivity contribution in [3.8, 4) is 11.6 Å². The van der Waals surface area contributed by atoms with Crippen LogP contribution in [-0.4, -0.2) is 16.3 Å². The van der Waals surface area contributed by atoms with Crippen LogP contribution in [0.3, 0.4) is 0 Å². The molecule has 0 atom stereocenters. The SMILES string of the molecule is Cc1nn(C)c(Oc2ccc(Cl)cc2)c1CNCC(C)C. The van der Waals surface area contributed by atoms with Gasteiger partial charge in [0.15, 0.2) is 0 Å². The Bertz CT molecular complexity index is 590. The summed E-state index contributed by atoms with van der Waals surface area (Å²) < 4.78 is 7.75. The second-order valence-corrected chi connectivity index (χ2v) is 6.01. The lowest BCUT2D eigenvalue weighted by Crippen LogP contribution is -2.19. The Kier molecular flexibility index (Phi) is 5.26. The maximum Gasteiger partial charge on any atom is 0.222 e. The molecule has 0 unspecified atom stereocenters. The summed E-state index contributed by atoms with van der Waals surface area (Å²) in [6.07, 6.45) is 0. The van der Waals surface area contributed by atoms with Gasteiger partial charge in [-0.1, -0.05) is 25.4 Å². The maximum atomic E-state index is 5.98. The Labute approximate surface area is 131 Å². The van der Waals surface area contributed by atoms with Crippen molar-refractivity contribution < 1.29 is 4.74 Å². The second kappa shape index (κ2) is 6.96. The first-order valence-corrected chi connectivity index (χ1v) is 7.51. The Morgan fingerprint density at radius 3 is 2.57 bits per heavy atom. The predicted molar refractivity (Wildman–Crippen MR) is 86.0 cm³/mol. The lowest BCUT2D eigenvalue weighted by molar-refractivity contribution is 0.422. The molecule has 1 heterocycles. The topological polar surface area (TPSA) is 39.1 Å². The van der Waals surface area contributed by atoms with Gasteiger partial charge in [-0.25, -0.2) is 4.68 Å². The van der Waals surface area contributed by atoms with E-state index in [0.717, 1.165) is 36.0 Å². The van der Waals surface area contributed by atoms with E-state index < -0.39 is 0 Å². The van der Waals surface area contributed by atoms with Gasteiger partial charge in [0.05, 0.1) is 11.3 Å². The summed E-state index contributed by atoms with van der Waals surface area (Å²) in [6.45, 7) is 8.10. The molecule has 2 rings (SSSR count). The number of ether oxygens (including phenoxy) is 1. The Balaban J connectivity index is 2.16. The predicted octanol–water partition coefficient (Wildman–Crippen LogP) is 3.92. The van der Waals surface area contributed by atoms with Gasteiger partial charge in [0, 0.05) is 18.6 Å². The number of nitrogens with one attached hydrogen (secondary N) is 1. The van der Waals surface area contributed by atoms with E-state index in [4.69, 9.17) is 16.3 Å². The van der Waals surface area contributed by atoms with E-state index in [1.54, 1.807) is 4.68 Å². The minimum atomic E-state index is 0.614. The van der Waals surface area contributed by atoms with Gasteiger partial charge in [-0.2, -0.15) is 5.10 Å². The number of aromatic nitrogens is 2. The molecule has 2 aromatic rings. The van der Waals surface area contributed by atoms with Crippen LogP contribution < -0.4 is 10.1 Å². The lowest BCUT2D eigenvalue weighted by atomic mass is 10.2. The molecule has 0 fully saturated rings. The molecule has 114 valence electrons. The molecule has 0 saturated heterocycles. The molecule has 0 bridgehead atoms. The third-order valence-electron chi connectivity index (χ3n) is 3.17. The van der Waals surface area contributed by atoms with Gasteiger partial charge >= 0.3 is 0 Å². The summed E-state index contributed by atoms with van der Waals surface area (Å²) in [6, 6.07) is 7.35. The number of hydrogen-bond acceptors (Lipinski definition) is 3. The Hall–Kier alpha value is -1.52. The van der Waals surface area contributed by atoms with Gasteiger partial charge in [0.2, 0.25) is 5.88 Å². The van der Waals surface area contributed by atoms with Crippen LogP contribution in [0.1, 0.15) is 25.1 Å². The standard InChI is InChI=1S/C16H22ClN3O/c1-11(2)9-18-10-15-12(3)19-20(4)16(15)21-14-7-5-13(17)6-8-14/h5-8,11,18H,9-10H2,1-4H3. The molecule has 0 saturated carbocycles. The summed E-state index contributed by atoms with van der Waals surface area (Å²) in [4.78, 5) is 0. The van der Waals surface area contributed by atoms with E-state index in [1.807, 2.05) is 38.2 Å². The minimum Gasteiger partial charge on any atom is -0.439 e. The summed E-state index contributed by atoms with van der Waals surface area (Å²) in [7, 11) is 1.89. The average molecular weight is 308 g/mol. The zero-order valence-electron chi connectivity index (χ0n) is 13.0. The average Bonchev–Trinajstić information content (AvgIpc) is 2.68. The highest BCUT2D eigenvalue weighted by atomic mass is 35.5. The van der Waals surface area contributed by atoms with Crippen molar-refractivity contribution >= 4 is 11.6 Å². The molecule has 1 N–H and O–H groups in total. The molecule has 1 aromatic carbocycles. The van der Waals surface area contributed by atoms with Crippen molar-refractivity contribution in [1.29, 1.82) is 0 Å². The molecule has 5 heteroatoms. The maximum absolute atomic E-state index is 5.98. The summed E-state index contributed by atoms with van der Waals surface area (Å²) in [5.74, 6) is 2.14. The second-order valence-electron chi connectivity index (χ2n) is 5.57. The molecule has 0 amide bonds. The minimum absolute atomic E-state index is 0.614. The van der Waals surface area contributed by atoms with Crippen molar-refractivity contribution in [2.24, 2.45) is 13.0 Å². The quantitative estimate of drug-likeness (QED) is 0.879. The van der Waals surface area contributed by atoms with E-state index in [2.05, 4.69) is 24.3 Å². The molecule has 0 aliphatic carbocycles. The Morgan fingerprint density at radius 1 is 1.29 bits per heavy atom. The van der Waals surface area contributed by atoms with Crippen LogP contribution in [0.2, 0.25) is 5.02 Å². The molecule has 0 aliphatic rings. The molecule has 0 aliphatic heterocycles. The fourth-order valence-electron chi connectivity index (χ4n) is 2.11. The third-order valence-corrected chi connectivity index (χ3v) is 3.42. The van der Waals surface area contributed by atoms with Crippen molar-refractivity contribution in [2.75, 3.05) is 6.54 Å². The zero-order chi connectivity index (χ0) is 15.4. The highest BCUT2D eigenvalue weighted by molar-refractivity contribution is 6.30. The van der Waals surface area contributed by atoms with Crippen molar-refractivity contribution in [2.45, 2.75) is 27.3 Å². The molecule has 0 spiro atoms. The van der Waals surface area contributed by atoms with Crippen LogP contribution in [0.4, 0.5) is 0 Å². The molecule has 0 radical (unpaired) electrons. The van der Waals surface area contributed by atoms with Gasteiger partial charge in [0.1, 0.15) is 5.75 Å². The number of halogens is 1. The van der Waals surface area contributed by atoms with Crippen molar-refractivity contribution in [3.63, 3.8) is 0 Å². The van der Waals surface area contributed by atoms with E-state index in [9.17, 15) is 0 Å². The summed E-state index contributed by atoms with van der Waals surface area (Å²) in [5, 5.41) is 8.58. The highest BCUT2D eigenvalue weighted by Crippen LogP contribution is 2.28. The largest absolute Gasteiger partial charge is 0.439 e. The number of nitrogens with zero attached hydrogens (tertiary/aromatic N) is 2.